The van der Waals surface area contributed by atoms with Gasteiger partial charge in [0.15, 0.2) is 0 Å². The van der Waals surface area contributed by atoms with Gasteiger partial charge in [0, 0.05) is 35.6 Å². The van der Waals surface area contributed by atoms with Crippen LogP contribution in [0.15, 0.2) is 24.3 Å². The molecule has 1 aromatic carbocycles. The number of H-pyrrole nitrogens is 1. The molecule has 1 fully saturated rings. The molecule has 5 nitrogen and oxygen atoms in total. The van der Waals surface area contributed by atoms with Crippen molar-refractivity contribution in [3.8, 4) is 0 Å². The van der Waals surface area contributed by atoms with Crippen LogP contribution in [0.3, 0.4) is 0 Å². The number of hydrogen-bond donors (Lipinski definition) is 2. The molecule has 1 aromatic heterocycles. The summed E-state index contributed by atoms with van der Waals surface area (Å²) in [6.07, 6.45) is 3.34. The third-order valence-electron chi connectivity index (χ3n) is 6.52. The molecule has 4 rings (SSSR count). The molecule has 0 amide bonds. The zero-order valence-corrected chi connectivity index (χ0v) is 15.6. The van der Waals surface area contributed by atoms with Crippen LogP contribution >= 0.6 is 0 Å². The minimum atomic E-state index is -0.117. The first-order valence-electron chi connectivity index (χ1n) is 9.69. The second-order valence-electron chi connectivity index (χ2n) is 7.76. The summed E-state index contributed by atoms with van der Waals surface area (Å²) in [4.78, 5) is 18.0. The standard InChI is InChI=1S/C21H28N2O3/c1-3-13-11-23-15(12-24)10-17-16-6-4-5-7-18(16)22-21(17)19(23)8-14(13)9-20(25)26-2/h4-7,13-15,19,22,24H,3,8-12H2,1-2H3/t13-,14+,15-,19-/m0/s1. The number of aliphatic hydroxyl groups excluding tert-OH is 1. The van der Waals surface area contributed by atoms with E-state index in [1.165, 1.54) is 23.8 Å². The molecule has 0 bridgehead atoms. The number of benzene rings is 1. The van der Waals surface area contributed by atoms with E-state index in [4.69, 9.17) is 4.74 Å². The summed E-state index contributed by atoms with van der Waals surface area (Å²) < 4.78 is 4.94. The number of carbonyl (C=O) groups excluding carboxylic acids is 1. The number of aliphatic hydroxyl groups is 1. The highest BCUT2D eigenvalue weighted by Gasteiger charge is 2.43. The molecule has 0 saturated carbocycles. The van der Waals surface area contributed by atoms with Gasteiger partial charge >= 0.3 is 5.97 Å². The van der Waals surface area contributed by atoms with E-state index in [2.05, 4.69) is 41.1 Å². The normalized spacial score (nSPS) is 28.6. The zero-order valence-electron chi connectivity index (χ0n) is 15.6. The Morgan fingerprint density at radius 3 is 2.88 bits per heavy atom. The Morgan fingerprint density at radius 2 is 2.15 bits per heavy atom. The molecule has 0 spiro atoms. The molecule has 2 aromatic rings. The summed E-state index contributed by atoms with van der Waals surface area (Å²) in [6.45, 7) is 3.30. The molecule has 26 heavy (non-hydrogen) atoms. The number of ether oxygens (including phenoxy) is 1. The third-order valence-corrected chi connectivity index (χ3v) is 6.52. The first-order valence-corrected chi connectivity index (χ1v) is 9.69. The molecular weight excluding hydrogens is 328 g/mol. The highest BCUT2D eigenvalue weighted by Crippen LogP contribution is 2.46. The second kappa shape index (κ2) is 7.05. The van der Waals surface area contributed by atoms with Crippen LogP contribution in [0, 0.1) is 11.8 Å². The van der Waals surface area contributed by atoms with Gasteiger partial charge in [0.25, 0.3) is 0 Å². The maximum absolute atomic E-state index is 11.9. The van der Waals surface area contributed by atoms with Crippen LogP contribution in [0.5, 0.6) is 0 Å². The van der Waals surface area contributed by atoms with E-state index in [-0.39, 0.29) is 24.7 Å². The Labute approximate surface area is 154 Å². The van der Waals surface area contributed by atoms with Gasteiger partial charge in [-0.05, 0) is 36.3 Å². The fourth-order valence-electron chi connectivity index (χ4n) is 5.11. The molecule has 3 heterocycles. The van der Waals surface area contributed by atoms with E-state index >= 15 is 0 Å². The third kappa shape index (κ3) is 2.83. The summed E-state index contributed by atoms with van der Waals surface area (Å²) in [7, 11) is 1.47. The number of fused-ring (bicyclic) bond motifs is 5. The van der Waals surface area contributed by atoms with E-state index in [1.807, 2.05) is 0 Å². The van der Waals surface area contributed by atoms with Gasteiger partial charge in [-0.3, -0.25) is 9.69 Å². The van der Waals surface area contributed by atoms with E-state index in [0.29, 0.717) is 18.3 Å². The lowest BCUT2D eigenvalue weighted by molar-refractivity contribution is -0.143. The van der Waals surface area contributed by atoms with Gasteiger partial charge in [-0.25, -0.2) is 0 Å². The topological polar surface area (TPSA) is 65.6 Å². The van der Waals surface area contributed by atoms with Crippen molar-refractivity contribution >= 4 is 16.9 Å². The average molecular weight is 356 g/mol. The summed E-state index contributed by atoms with van der Waals surface area (Å²) in [5.41, 5.74) is 3.78. The average Bonchev–Trinajstić information content (AvgIpc) is 3.05. The molecule has 2 aliphatic rings. The first kappa shape index (κ1) is 17.6. The summed E-state index contributed by atoms with van der Waals surface area (Å²) >= 11 is 0. The van der Waals surface area contributed by atoms with Gasteiger partial charge in [0.05, 0.1) is 19.8 Å². The molecular formula is C21H28N2O3. The maximum atomic E-state index is 11.9. The predicted molar refractivity (Wildman–Crippen MR) is 101 cm³/mol. The minimum absolute atomic E-state index is 0.117. The number of hydrogen-bond acceptors (Lipinski definition) is 4. The number of carbonyl (C=O) groups is 1. The van der Waals surface area contributed by atoms with Gasteiger partial charge < -0.3 is 14.8 Å². The molecule has 2 N–H and O–H groups in total. The van der Waals surface area contributed by atoms with E-state index in [9.17, 15) is 9.90 Å². The van der Waals surface area contributed by atoms with Crippen molar-refractivity contribution in [2.75, 3.05) is 20.3 Å². The van der Waals surface area contributed by atoms with Crippen molar-refractivity contribution in [3.05, 3.63) is 35.5 Å². The monoisotopic (exact) mass is 356 g/mol. The highest BCUT2D eigenvalue weighted by atomic mass is 16.5. The van der Waals surface area contributed by atoms with Crippen molar-refractivity contribution in [3.63, 3.8) is 0 Å². The lowest BCUT2D eigenvalue weighted by Crippen LogP contribution is -2.52. The fraction of sp³-hybridized carbons (Fsp3) is 0.571. The molecule has 1 saturated heterocycles. The van der Waals surface area contributed by atoms with Crippen molar-refractivity contribution in [1.82, 2.24) is 9.88 Å². The number of para-hydroxylation sites is 1. The quantitative estimate of drug-likeness (QED) is 0.827. The fourth-order valence-corrected chi connectivity index (χ4v) is 5.11. The lowest BCUT2D eigenvalue weighted by Gasteiger charge is -2.49. The SMILES string of the molecule is CC[C@H]1CN2[C@H](CO)Cc3c([nH]c4ccccc34)[C@@H]2C[C@@H]1CC(=O)OC. The molecule has 0 unspecified atom stereocenters. The van der Waals surface area contributed by atoms with Crippen LogP contribution in [-0.4, -0.2) is 47.3 Å². The molecule has 0 aliphatic carbocycles. The van der Waals surface area contributed by atoms with Gasteiger partial charge in [-0.15, -0.1) is 0 Å². The molecule has 0 radical (unpaired) electrons. The Kier molecular flexibility index (Phi) is 4.76. The van der Waals surface area contributed by atoms with Crippen molar-refractivity contribution in [1.29, 1.82) is 0 Å². The van der Waals surface area contributed by atoms with Gasteiger partial charge in [-0.2, -0.15) is 0 Å². The molecule has 4 atom stereocenters. The zero-order chi connectivity index (χ0) is 18.3. The largest absolute Gasteiger partial charge is 0.469 e. The number of methoxy groups -OCH3 is 1. The predicted octanol–water partition coefficient (Wildman–Crippen LogP) is 3.04. The number of aromatic amines is 1. The van der Waals surface area contributed by atoms with E-state index < -0.39 is 0 Å². The summed E-state index contributed by atoms with van der Waals surface area (Å²) in [6, 6.07) is 8.80. The van der Waals surface area contributed by atoms with E-state index in [1.54, 1.807) is 0 Å². The lowest BCUT2D eigenvalue weighted by atomic mass is 9.74. The minimum Gasteiger partial charge on any atom is -0.469 e. The van der Waals surface area contributed by atoms with Crippen molar-refractivity contribution in [2.45, 2.75) is 44.7 Å². The van der Waals surface area contributed by atoms with Crippen LogP contribution in [-0.2, 0) is 16.0 Å². The molecule has 140 valence electrons. The number of esters is 1. The Bertz CT molecular complexity index is 800. The van der Waals surface area contributed by atoms with Crippen LogP contribution in [0.4, 0.5) is 0 Å². The first-order chi connectivity index (χ1) is 12.7. The second-order valence-corrected chi connectivity index (χ2v) is 7.76. The van der Waals surface area contributed by atoms with Crippen LogP contribution < -0.4 is 0 Å². The van der Waals surface area contributed by atoms with Crippen molar-refractivity contribution < 1.29 is 14.6 Å². The number of piperidine rings is 1. The summed E-state index contributed by atoms with van der Waals surface area (Å²) in [5, 5.41) is 11.3. The number of nitrogens with zero attached hydrogens (tertiary/aromatic N) is 1. The Balaban J connectivity index is 1.72. The Morgan fingerprint density at radius 1 is 1.35 bits per heavy atom. The van der Waals surface area contributed by atoms with Gasteiger partial charge in [0.1, 0.15) is 0 Å². The van der Waals surface area contributed by atoms with Gasteiger partial charge in [-0.1, -0.05) is 31.5 Å². The molecule has 2 aliphatic heterocycles. The summed E-state index contributed by atoms with van der Waals surface area (Å²) in [5.74, 6) is 0.670. The number of nitrogens with one attached hydrogen (secondary N) is 1. The Hall–Kier alpha value is -1.85. The van der Waals surface area contributed by atoms with E-state index in [0.717, 1.165) is 31.3 Å². The number of aromatic nitrogens is 1. The van der Waals surface area contributed by atoms with Crippen LogP contribution in [0.2, 0.25) is 0 Å². The number of rotatable bonds is 4. The van der Waals surface area contributed by atoms with Gasteiger partial charge in [0.2, 0.25) is 0 Å². The smallest absolute Gasteiger partial charge is 0.305 e. The van der Waals surface area contributed by atoms with Crippen LogP contribution in [0.1, 0.15) is 43.5 Å². The maximum Gasteiger partial charge on any atom is 0.305 e. The van der Waals surface area contributed by atoms with Crippen molar-refractivity contribution in [2.24, 2.45) is 11.8 Å². The molecule has 5 heteroatoms. The van der Waals surface area contributed by atoms with Crippen LogP contribution in [0.25, 0.3) is 10.9 Å². The highest BCUT2D eigenvalue weighted by molar-refractivity contribution is 5.85.